The quantitative estimate of drug-likeness (QED) is 0.455. The summed E-state index contributed by atoms with van der Waals surface area (Å²) < 4.78 is 6.37. The molecule has 0 saturated heterocycles. The number of hydrogen-bond acceptors (Lipinski definition) is 3. The molecule has 5 atom stereocenters. The van der Waals surface area contributed by atoms with Crippen molar-refractivity contribution in [2.24, 2.45) is 23.2 Å². The molecule has 0 heterocycles. The lowest BCUT2D eigenvalue weighted by atomic mass is 9.62. The van der Waals surface area contributed by atoms with E-state index in [-0.39, 0.29) is 16.4 Å². The lowest BCUT2D eigenvalue weighted by molar-refractivity contribution is -0.155. The molecule has 0 radical (unpaired) electrons. The van der Waals surface area contributed by atoms with Crippen molar-refractivity contribution >= 4 is 20.1 Å². The van der Waals surface area contributed by atoms with Crippen LogP contribution in [-0.4, -0.2) is 30.8 Å². The molecule has 2 aliphatic carbocycles. The summed E-state index contributed by atoms with van der Waals surface area (Å²) in [5.41, 5.74) is -0.964. The molecule has 1 unspecified atom stereocenters. The van der Waals surface area contributed by atoms with E-state index in [4.69, 9.17) is 4.43 Å². The Morgan fingerprint density at radius 2 is 1.90 bits per heavy atom. The minimum atomic E-state index is -2.17. The first-order chi connectivity index (χ1) is 13.1. The average molecular weight is 425 g/mol. The highest BCUT2D eigenvalue weighted by Crippen LogP contribution is 2.57. The Labute approximate surface area is 179 Å². The van der Waals surface area contributed by atoms with Gasteiger partial charge in [-0.05, 0) is 80.8 Å². The van der Waals surface area contributed by atoms with Crippen molar-refractivity contribution in [2.45, 2.75) is 117 Å². The summed E-state index contributed by atoms with van der Waals surface area (Å²) in [7, 11) is -2.17. The van der Waals surface area contributed by atoms with Crippen molar-refractivity contribution in [3.63, 3.8) is 0 Å². The average Bonchev–Trinajstić information content (AvgIpc) is 2.91. The van der Waals surface area contributed by atoms with E-state index in [9.17, 15) is 14.7 Å². The summed E-state index contributed by atoms with van der Waals surface area (Å²) in [5, 5.41) is 9.91. The van der Waals surface area contributed by atoms with Gasteiger partial charge in [-0.2, -0.15) is 0 Å². The Morgan fingerprint density at radius 1 is 1.28 bits per heavy atom. The minimum Gasteiger partial charge on any atom is -0.479 e. The van der Waals surface area contributed by atoms with Crippen molar-refractivity contribution in [3.05, 3.63) is 0 Å². The van der Waals surface area contributed by atoms with Gasteiger partial charge in [0.1, 0.15) is 5.78 Å². The molecule has 4 nitrogen and oxygen atoms in total. The Hall–Kier alpha value is -0.683. The first kappa shape index (κ1) is 24.6. The molecule has 0 spiro atoms. The lowest BCUT2D eigenvalue weighted by Crippen LogP contribution is -2.52. The summed E-state index contributed by atoms with van der Waals surface area (Å²) in [6.45, 7) is 17.1. The van der Waals surface area contributed by atoms with Crippen molar-refractivity contribution < 1.29 is 19.1 Å². The molecule has 0 amide bonds. The smallest absolute Gasteiger partial charge is 0.334 e. The summed E-state index contributed by atoms with van der Waals surface area (Å²) in [5.74, 6) is 0.987. The van der Waals surface area contributed by atoms with Crippen LogP contribution in [0.3, 0.4) is 0 Å². The molecule has 0 bridgehead atoms. The van der Waals surface area contributed by atoms with Crippen LogP contribution in [0, 0.1) is 23.2 Å². The highest BCUT2D eigenvalue weighted by molar-refractivity contribution is 6.74. The number of hydrogen-bond donors (Lipinski definition) is 1. The molecular weight excluding hydrogens is 380 g/mol. The lowest BCUT2D eigenvalue weighted by Gasteiger charge is -2.43. The van der Waals surface area contributed by atoms with Gasteiger partial charge in [0, 0.05) is 12.3 Å². The predicted molar refractivity (Wildman–Crippen MR) is 121 cm³/mol. The monoisotopic (exact) mass is 424 g/mol. The maximum atomic E-state index is 12.4. The molecule has 0 aromatic rings. The van der Waals surface area contributed by atoms with Crippen LogP contribution in [0.4, 0.5) is 0 Å². The van der Waals surface area contributed by atoms with Crippen molar-refractivity contribution in [1.82, 2.24) is 0 Å². The maximum Gasteiger partial charge on any atom is 0.334 e. The SMILES string of the molecule is C[C@H](CCC[C@@](C)(O[Si](C)(C)C(C)(C)C)C(=O)O)[C@H]1CCC2C(=O)CCC[C@]21C. The fourth-order valence-corrected chi connectivity index (χ4v) is 7.41. The molecule has 2 aliphatic rings. The maximum absolute atomic E-state index is 12.4. The number of Topliss-reactive ketones (excluding diaryl/α,β-unsaturated/α-hetero) is 1. The first-order valence-corrected chi connectivity index (χ1v) is 14.5. The van der Waals surface area contributed by atoms with Crippen molar-refractivity contribution in [1.29, 1.82) is 0 Å². The predicted octanol–water partition coefficient (Wildman–Crippen LogP) is 6.44. The Kier molecular flexibility index (Phi) is 7.16. The Balaban J connectivity index is 1.99. The number of carboxylic acids is 1. The van der Waals surface area contributed by atoms with Crippen LogP contribution in [0.1, 0.15) is 92.9 Å². The summed E-state index contributed by atoms with van der Waals surface area (Å²) >= 11 is 0. The number of aliphatic carboxylic acids is 1. The van der Waals surface area contributed by atoms with Crippen LogP contribution >= 0.6 is 0 Å². The first-order valence-electron chi connectivity index (χ1n) is 11.6. The van der Waals surface area contributed by atoms with E-state index in [1.54, 1.807) is 6.92 Å². The van der Waals surface area contributed by atoms with Gasteiger partial charge in [0.15, 0.2) is 13.9 Å². The number of ketones is 1. The van der Waals surface area contributed by atoms with Gasteiger partial charge < -0.3 is 9.53 Å². The number of rotatable bonds is 8. The second-order valence-corrected chi connectivity index (χ2v) is 16.6. The van der Waals surface area contributed by atoms with E-state index in [1.807, 2.05) is 0 Å². The zero-order chi connectivity index (χ0) is 22.3. The number of carboxylic acid groups (broad SMARTS) is 1. The van der Waals surface area contributed by atoms with Gasteiger partial charge in [0.25, 0.3) is 0 Å². The molecule has 0 aliphatic heterocycles. The van der Waals surface area contributed by atoms with Gasteiger partial charge in [0.05, 0.1) is 0 Å². The standard InChI is InChI=1S/C24H44O4Si/c1-17(18-13-14-19-20(25)12-10-15-23(18,19)5)11-9-16-24(6,21(26)27)28-29(7,8)22(2,3)4/h17-19H,9-16H2,1-8H3,(H,26,27)/t17-,18-,19?,23+,24-/m1/s1. The third-order valence-corrected chi connectivity index (χ3v) is 13.2. The summed E-state index contributed by atoms with van der Waals surface area (Å²) in [4.78, 5) is 24.5. The van der Waals surface area contributed by atoms with E-state index in [2.05, 4.69) is 47.7 Å². The zero-order valence-electron chi connectivity index (χ0n) is 20.1. The molecule has 0 aromatic heterocycles. The van der Waals surface area contributed by atoms with Crippen LogP contribution < -0.4 is 0 Å². The molecule has 5 heteroatoms. The number of carbonyl (C=O) groups excluding carboxylic acids is 1. The number of fused-ring (bicyclic) bond motifs is 1. The molecule has 0 aromatic carbocycles. The second kappa shape index (κ2) is 8.45. The molecular formula is C24H44O4Si. The fourth-order valence-electron chi connectivity index (χ4n) is 5.79. The molecule has 1 N–H and O–H groups in total. The van der Waals surface area contributed by atoms with Gasteiger partial charge >= 0.3 is 5.97 Å². The highest BCUT2D eigenvalue weighted by atomic mass is 28.4. The van der Waals surface area contributed by atoms with Gasteiger partial charge in [-0.3, -0.25) is 4.79 Å². The Bertz CT molecular complexity index is 623. The normalized spacial score (nSPS) is 31.2. The van der Waals surface area contributed by atoms with Crippen LogP contribution in [-0.2, 0) is 14.0 Å². The van der Waals surface area contributed by atoms with Gasteiger partial charge in [-0.1, -0.05) is 41.0 Å². The minimum absolute atomic E-state index is 0.0159. The van der Waals surface area contributed by atoms with Crippen LogP contribution in [0.15, 0.2) is 0 Å². The van der Waals surface area contributed by atoms with Gasteiger partial charge in [-0.25, -0.2) is 4.79 Å². The fraction of sp³-hybridized carbons (Fsp3) is 0.917. The second-order valence-electron chi connectivity index (χ2n) is 11.8. The molecule has 29 heavy (non-hydrogen) atoms. The molecule has 2 rings (SSSR count). The van der Waals surface area contributed by atoms with Crippen LogP contribution in [0.5, 0.6) is 0 Å². The van der Waals surface area contributed by atoms with Crippen LogP contribution in [0.2, 0.25) is 18.1 Å². The van der Waals surface area contributed by atoms with E-state index < -0.39 is 19.9 Å². The molecule has 2 saturated carbocycles. The van der Waals surface area contributed by atoms with Gasteiger partial charge in [-0.15, -0.1) is 0 Å². The third kappa shape index (κ3) is 4.98. The summed E-state index contributed by atoms with van der Waals surface area (Å²) in [6.07, 6.45) is 7.56. The van der Waals surface area contributed by atoms with Crippen LogP contribution in [0.25, 0.3) is 0 Å². The van der Waals surface area contributed by atoms with E-state index in [0.29, 0.717) is 24.0 Å². The van der Waals surface area contributed by atoms with E-state index >= 15 is 0 Å². The Morgan fingerprint density at radius 3 is 2.45 bits per heavy atom. The highest BCUT2D eigenvalue weighted by Gasteiger charge is 2.52. The third-order valence-electron chi connectivity index (χ3n) is 8.68. The number of carbonyl (C=O) groups is 2. The summed E-state index contributed by atoms with van der Waals surface area (Å²) in [6, 6.07) is 0. The van der Waals surface area contributed by atoms with E-state index in [1.165, 1.54) is 6.42 Å². The van der Waals surface area contributed by atoms with Crippen molar-refractivity contribution in [2.75, 3.05) is 0 Å². The molecule has 168 valence electrons. The van der Waals surface area contributed by atoms with Gasteiger partial charge in [0.2, 0.25) is 0 Å². The largest absolute Gasteiger partial charge is 0.479 e. The van der Waals surface area contributed by atoms with E-state index in [0.717, 1.165) is 38.5 Å². The topological polar surface area (TPSA) is 63.6 Å². The molecule has 2 fully saturated rings. The zero-order valence-corrected chi connectivity index (χ0v) is 21.1. The van der Waals surface area contributed by atoms with Crippen molar-refractivity contribution in [3.8, 4) is 0 Å².